The van der Waals surface area contributed by atoms with Crippen LogP contribution in [0, 0.1) is 0 Å². The normalized spacial score (nSPS) is 11.6. The summed E-state index contributed by atoms with van der Waals surface area (Å²) < 4.78 is 0. The van der Waals surface area contributed by atoms with Crippen molar-refractivity contribution in [2.24, 2.45) is 5.73 Å². The van der Waals surface area contributed by atoms with Crippen LogP contribution in [-0.4, -0.2) is 65.4 Å². The third-order valence-corrected chi connectivity index (χ3v) is 1.53. The second-order valence-electron chi connectivity index (χ2n) is 3.40. The van der Waals surface area contributed by atoms with Gasteiger partial charge in [0.1, 0.15) is 6.04 Å². The Morgan fingerprint density at radius 2 is 1.81 bits per heavy atom. The Bertz CT molecular complexity index is 208. The van der Waals surface area contributed by atoms with Crippen molar-refractivity contribution in [1.29, 1.82) is 0 Å². The average Bonchev–Trinajstić information content (AvgIpc) is 2.14. The van der Waals surface area contributed by atoms with Gasteiger partial charge in [-0.25, -0.2) is 0 Å². The highest BCUT2D eigenvalue weighted by Gasteiger charge is 2.12. The first kappa shape index (κ1) is 17.2. The summed E-state index contributed by atoms with van der Waals surface area (Å²) in [7, 11) is 3.85. The molecular weight excluding hydrogens is 216 g/mol. The van der Waals surface area contributed by atoms with Gasteiger partial charge in [-0.05, 0) is 20.5 Å². The van der Waals surface area contributed by atoms with E-state index in [2.05, 4.69) is 0 Å². The number of nitrogens with zero attached hydrogens (tertiary/aromatic N) is 1. The predicted octanol–water partition coefficient (Wildman–Crippen LogP) is -1.20. The number of hydrogen-bond donors (Lipinski definition) is 4. The zero-order valence-electron chi connectivity index (χ0n) is 9.59. The van der Waals surface area contributed by atoms with Crippen LogP contribution in [0.5, 0.6) is 0 Å². The van der Waals surface area contributed by atoms with E-state index < -0.39 is 18.0 Å². The maximum absolute atomic E-state index is 9.99. The number of aliphatic carboxylic acids is 2. The van der Waals surface area contributed by atoms with Crippen molar-refractivity contribution in [3.05, 3.63) is 0 Å². The minimum atomic E-state index is -1.17. The summed E-state index contributed by atoms with van der Waals surface area (Å²) >= 11 is 0. The number of rotatable bonds is 6. The Balaban J connectivity index is 0. The molecule has 16 heavy (non-hydrogen) atoms. The van der Waals surface area contributed by atoms with Gasteiger partial charge in [-0.1, -0.05) is 0 Å². The van der Waals surface area contributed by atoms with Crippen molar-refractivity contribution in [3.8, 4) is 0 Å². The second kappa shape index (κ2) is 10.3. The molecule has 1 atom stereocenters. The zero-order chi connectivity index (χ0) is 13.1. The van der Waals surface area contributed by atoms with Crippen LogP contribution in [0.3, 0.4) is 0 Å². The van der Waals surface area contributed by atoms with Gasteiger partial charge in [0.25, 0.3) is 0 Å². The quantitative estimate of drug-likeness (QED) is 0.456. The molecule has 0 heterocycles. The Labute approximate surface area is 94.5 Å². The molecule has 0 aliphatic heterocycles. The van der Waals surface area contributed by atoms with Crippen LogP contribution in [0.25, 0.3) is 0 Å². The number of carboxylic acid groups (broad SMARTS) is 2. The lowest BCUT2D eigenvalue weighted by Crippen LogP contribution is -2.30. The molecule has 7 nitrogen and oxygen atoms in total. The summed E-state index contributed by atoms with van der Waals surface area (Å²) in [4.78, 5) is 21.8. The Hall–Kier alpha value is -1.18. The smallest absolute Gasteiger partial charge is 0.320 e. The van der Waals surface area contributed by atoms with E-state index in [1.807, 2.05) is 19.0 Å². The SMILES string of the molecule is CN(C)CCO.NC(CCC(=O)O)C(=O)O. The summed E-state index contributed by atoms with van der Waals surface area (Å²) in [5, 5.41) is 24.5. The van der Waals surface area contributed by atoms with E-state index in [1.54, 1.807) is 0 Å². The Kier molecular flexibility index (Phi) is 11.1. The van der Waals surface area contributed by atoms with Crippen LogP contribution >= 0.6 is 0 Å². The van der Waals surface area contributed by atoms with E-state index >= 15 is 0 Å². The van der Waals surface area contributed by atoms with Crippen molar-refractivity contribution in [1.82, 2.24) is 4.90 Å². The monoisotopic (exact) mass is 236 g/mol. The first-order valence-corrected chi connectivity index (χ1v) is 4.77. The fourth-order valence-electron chi connectivity index (χ4n) is 0.602. The molecule has 0 saturated carbocycles. The third kappa shape index (κ3) is 15.3. The van der Waals surface area contributed by atoms with E-state index in [0.717, 1.165) is 6.54 Å². The van der Waals surface area contributed by atoms with Crippen molar-refractivity contribution >= 4 is 11.9 Å². The fraction of sp³-hybridized carbons (Fsp3) is 0.778. The van der Waals surface area contributed by atoms with Gasteiger partial charge >= 0.3 is 11.9 Å². The van der Waals surface area contributed by atoms with Crippen molar-refractivity contribution < 1.29 is 24.9 Å². The summed E-state index contributed by atoms with van der Waals surface area (Å²) in [5.41, 5.74) is 5.00. The molecule has 0 aliphatic rings. The Morgan fingerprint density at radius 1 is 1.31 bits per heavy atom. The van der Waals surface area contributed by atoms with Crippen molar-refractivity contribution in [3.63, 3.8) is 0 Å². The first-order chi connectivity index (χ1) is 7.31. The third-order valence-electron chi connectivity index (χ3n) is 1.53. The number of carboxylic acids is 2. The minimum Gasteiger partial charge on any atom is -0.481 e. The summed E-state index contributed by atoms with van der Waals surface area (Å²) in [6, 6.07) is -1.06. The van der Waals surface area contributed by atoms with Crippen LogP contribution in [-0.2, 0) is 9.59 Å². The van der Waals surface area contributed by atoms with Crippen LogP contribution < -0.4 is 5.73 Å². The molecule has 0 saturated heterocycles. The van der Waals surface area contributed by atoms with Crippen LogP contribution in [0.2, 0.25) is 0 Å². The second-order valence-corrected chi connectivity index (χ2v) is 3.40. The fourth-order valence-corrected chi connectivity index (χ4v) is 0.602. The lowest BCUT2D eigenvalue weighted by molar-refractivity contribution is -0.139. The molecule has 1 unspecified atom stereocenters. The van der Waals surface area contributed by atoms with Gasteiger partial charge < -0.3 is 26.0 Å². The van der Waals surface area contributed by atoms with E-state index in [4.69, 9.17) is 21.1 Å². The number of hydrogen-bond acceptors (Lipinski definition) is 5. The van der Waals surface area contributed by atoms with Crippen LogP contribution in [0.4, 0.5) is 0 Å². The van der Waals surface area contributed by atoms with Gasteiger partial charge in [0.2, 0.25) is 0 Å². The van der Waals surface area contributed by atoms with Gasteiger partial charge in [-0.2, -0.15) is 0 Å². The van der Waals surface area contributed by atoms with Gasteiger partial charge in [0.15, 0.2) is 0 Å². The highest BCUT2D eigenvalue weighted by atomic mass is 16.4. The van der Waals surface area contributed by atoms with Gasteiger partial charge in [-0.3, -0.25) is 9.59 Å². The predicted molar refractivity (Wildman–Crippen MR) is 58.1 cm³/mol. The van der Waals surface area contributed by atoms with Gasteiger partial charge in [0.05, 0.1) is 6.61 Å². The molecule has 0 spiro atoms. The number of likely N-dealkylation sites (N-methyl/N-ethyl adjacent to an activating group) is 1. The first-order valence-electron chi connectivity index (χ1n) is 4.77. The summed E-state index contributed by atoms with van der Waals surface area (Å²) in [6.45, 7) is 1.02. The number of nitrogens with two attached hydrogens (primary N) is 1. The lowest BCUT2D eigenvalue weighted by atomic mass is 10.2. The maximum Gasteiger partial charge on any atom is 0.320 e. The molecule has 96 valence electrons. The standard InChI is InChI=1S/C5H9NO4.C4H11NO/c6-3(5(9)10)1-2-4(7)8;1-5(2)3-4-6/h3H,1-2,6H2,(H,7,8)(H,9,10);6H,3-4H2,1-2H3. The molecule has 7 heteroatoms. The van der Waals surface area contributed by atoms with Gasteiger partial charge in [0, 0.05) is 13.0 Å². The number of carbonyl (C=O) groups is 2. The molecule has 0 amide bonds. The zero-order valence-corrected chi connectivity index (χ0v) is 9.59. The van der Waals surface area contributed by atoms with E-state index in [9.17, 15) is 9.59 Å². The molecule has 0 radical (unpaired) electrons. The van der Waals surface area contributed by atoms with E-state index in [0.29, 0.717) is 0 Å². The highest BCUT2D eigenvalue weighted by molar-refractivity contribution is 5.74. The molecule has 0 aromatic heterocycles. The lowest BCUT2D eigenvalue weighted by Gasteiger charge is -2.03. The molecule has 0 aliphatic carbocycles. The van der Waals surface area contributed by atoms with Crippen LogP contribution in [0.15, 0.2) is 0 Å². The minimum absolute atomic E-state index is 0.0231. The topological polar surface area (TPSA) is 124 Å². The molecule has 0 fully saturated rings. The maximum atomic E-state index is 9.99. The molecular formula is C9H20N2O5. The largest absolute Gasteiger partial charge is 0.481 e. The van der Waals surface area contributed by atoms with E-state index in [-0.39, 0.29) is 19.4 Å². The van der Waals surface area contributed by atoms with E-state index in [1.165, 1.54) is 0 Å². The Morgan fingerprint density at radius 3 is 2.00 bits per heavy atom. The van der Waals surface area contributed by atoms with Crippen molar-refractivity contribution in [2.45, 2.75) is 18.9 Å². The summed E-state index contributed by atoms with van der Waals surface area (Å²) in [5.74, 6) is -2.20. The molecule has 0 rings (SSSR count). The molecule has 0 bridgehead atoms. The average molecular weight is 236 g/mol. The van der Waals surface area contributed by atoms with Crippen molar-refractivity contribution in [2.75, 3.05) is 27.2 Å². The highest BCUT2D eigenvalue weighted by Crippen LogP contribution is 1.93. The molecule has 0 aromatic carbocycles. The number of aliphatic hydroxyl groups is 1. The summed E-state index contributed by atoms with van der Waals surface area (Å²) in [6.07, 6.45) is -0.224. The van der Waals surface area contributed by atoms with Gasteiger partial charge in [-0.15, -0.1) is 0 Å². The molecule has 0 aromatic rings. The molecule has 5 N–H and O–H groups in total. The van der Waals surface area contributed by atoms with Crippen LogP contribution in [0.1, 0.15) is 12.8 Å². The number of aliphatic hydroxyl groups excluding tert-OH is 1.